The molecule has 3 N–H and O–H groups in total. The molecule has 3 aromatic rings. The van der Waals surface area contributed by atoms with Gasteiger partial charge in [0.05, 0.1) is 26.9 Å². The molecule has 8 nitrogen and oxygen atoms in total. The molecule has 0 aliphatic heterocycles. The van der Waals surface area contributed by atoms with Crippen LogP contribution in [0.5, 0.6) is 23.0 Å². The van der Waals surface area contributed by atoms with Crippen molar-refractivity contribution in [3.05, 3.63) is 52.8 Å². The number of furan rings is 1. The molecular weight excluding hydrogens is 390 g/mol. The van der Waals surface area contributed by atoms with Gasteiger partial charge in [0.25, 0.3) is 0 Å². The number of phenolic OH excluding ortho intramolecular Hbond substituents is 1. The number of methoxy groups -OCH3 is 3. The lowest BCUT2D eigenvalue weighted by atomic mass is 9.98. The molecule has 30 heavy (non-hydrogen) atoms. The lowest BCUT2D eigenvalue weighted by Gasteiger charge is -2.13. The summed E-state index contributed by atoms with van der Waals surface area (Å²) in [5.74, 6) is -0.186. The topological polar surface area (TPSA) is 121 Å². The van der Waals surface area contributed by atoms with Crippen molar-refractivity contribution in [3.63, 3.8) is 0 Å². The number of phenols is 1. The molecule has 1 heterocycles. The number of hydrogen-bond acceptors (Lipinski definition) is 7. The lowest BCUT2D eigenvalue weighted by Crippen LogP contribution is -2.06. The fraction of sp³-hybridized carbons (Fsp3) is 0.182. The summed E-state index contributed by atoms with van der Waals surface area (Å²) in [5.41, 5.74) is 6.29. The second kappa shape index (κ2) is 8.20. The normalized spacial score (nSPS) is 11.1. The maximum absolute atomic E-state index is 13.5. The highest BCUT2D eigenvalue weighted by atomic mass is 16.5. The van der Waals surface area contributed by atoms with Gasteiger partial charge in [-0.3, -0.25) is 9.59 Å². The summed E-state index contributed by atoms with van der Waals surface area (Å²) >= 11 is 0. The highest BCUT2D eigenvalue weighted by Gasteiger charge is 2.25. The molecule has 156 valence electrons. The van der Waals surface area contributed by atoms with Gasteiger partial charge in [-0.15, -0.1) is 0 Å². The van der Waals surface area contributed by atoms with Gasteiger partial charge in [0.2, 0.25) is 11.7 Å². The predicted octanol–water partition coefficient (Wildman–Crippen LogP) is 3.20. The second-order valence-corrected chi connectivity index (χ2v) is 6.43. The number of aromatic hydroxyl groups is 1. The Bertz CT molecular complexity index is 1150. The molecule has 0 bridgehead atoms. The van der Waals surface area contributed by atoms with E-state index in [0.717, 1.165) is 6.08 Å². The Morgan fingerprint density at radius 3 is 2.23 bits per heavy atom. The minimum Gasteiger partial charge on any atom is -0.504 e. The van der Waals surface area contributed by atoms with Crippen LogP contribution in [0, 0.1) is 6.92 Å². The first-order valence-corrected chi connectivity index (χ1v) is 8.89. The van der Waals surface area contributed by atoms with Crippen LogP contribution in [0.4, 0.5) is 0 Å². The van der Waals surface area contributed by atoms with Crippen LogP contribution in [0.3, 0.4) is 0 Å². The number of aryl methyl sites for hydroxylation is 1. The number of primary amides is 1. The maximum Gasteiger partial charge on any atom is 0.241 e. The first-order chi connectivity index (χ1) is 14.3. The minimum atomic E-state index is -0.706. The van der Waals surface area contributed by atoms with Gasteiger partial charge in [-0.05, 0) is 36.8 Å². The monoisotopic (exact) mass is 411 g/mol. The average Bonchev–Trinajstić information content (AvgIpc) is 3.12. The molecule has 0 radical (unpaired) electrons. The van der Waals surface area contributed by atoms with E-state index < -0.39 is 11.7 Å². The van der Waals surface area contributed by atoms with E-state index in [4.69, 9.17) is 24.4 Å². The van der Waals surface area contributed by atoms with Gasteiger partial charge < -0.3 is 29.5 Å². The van der Waals surface area contributed by atoms with E-state index in [1.54, 1.807) is 19.1 Å². The molecule has 0 aliphatic rings. The molecular formula is C22H21NO7. The molecule has 1 amide bonds. The Kier molecular flexibility index (Phi) is 5.68. The predicted molar refractivity (Wildman–Crippen MR) is 110 cm³/mol. The quantitative estimate of drug-likeness (QED) is 0.452. The van der Waals surface area contributed by atoms with Gasteiger partial charge >= 0.3 is 0 Å². The van der Waals surface area contributed by atoms with Crippen LogP contribution < -0.4 is 19.9 Å². The van der Waals surface area contributed by atoms with Crippen molar-refractivity contribution < 1.29 is 33.3 Å². The smallest absolute Gasteiger partial charge is 0.241 e. The number of fused-ring (bicyclic) bond motifs is 1. The number of ketones is 1. The van der Waals surface area contributed by atoms with Crippen molar-refractivity contribution in [2.24, 2.45) is 5.73 Å². The van der Waals surface area contributed by atoms with Crippen LogP contribution in [0.15, 0.2) is 34.8 Å². The SMILES string of the molecule is COc1cc(C(=O)c2c(/C=C/C(N)=O)oc3c(O)c(C)ccc23)cc(OC)c1OC. The summed E-state index contributed by atoms with van der Waals surface area (Å²) in [6.07, 6.45) is 2.37. The second-order valence-electron chi connectivity index (χ2n) is 6.43. The third-order valence-electron chi connectivity index (χ3n) is 4.61. The van der Waals surface area contributed by atoms with Gasteiger partial charge in [0, 0.05) is 17.0 Å². The fourth-order valence-corrected chi connectivity index (χ4v) is 3.13. The van der Waals surface area contributed by atoms with E-state index in [9.17, 15) is 14.7 Å². The van der Waals surface area contributed by atoms with Crippen molar-refractivity contribution >= 4 is 28.7 Å². The molecule has 2 aromatic carbocycles. The fourth-order valence-electron chi connectivity index (χ4n) is 3.13. The summed E-state index contributed by atoms with van der Waals surface area (Å²) in [6, 6.07) is 6.36. The molecule has 0 aliphatic carbocycles. The van der Waals surface area contributed by atoms with E-state index >= 15 is 0 Å². The van der Waals surface area contributed by atoms with Crippen LogP contribution in [-0.4, -0.2) is 38.1 Å². The van der Waals surface area contributed by atoms with E-state index in [1.807, 2.05) is 0 Å². The number of nitrogens with two attached hydrogens (primary N) is 1. The Hall–Kier alpha value is -3.94. The Morgan fingerprint density at radius 1 is 1.07 bits per heavy atom. The summed E-state index contributed by atoms with van der Waals surface area (Å²) in [6.45, 7) is 1.71. The third-order valence-corrected chi connectivity index (χ3v) is 4.61. The zero-order chi connectivity index (χ0) is 22.0. The highest BCUT2D eigenvalue weighted by molar-refractivity contribution is 6.19. The molecule has 1 aromatic heterocycles. The lowest BCUT2D eigenvalue weighted by molar-refractivity contribution is -0.113. The van der Waals surface area contributed by atoms with E-state index in [0.29, 0.717) is 28.2 Å². The van der Waals surface area contributed by atoms with Gasteiger partial charge in [0.15, 0.2) is 28.6 Å². The highest BCUT2D eigenvalue weighted by Crippen LogP contribution is 2.41. The van der Waals surface area contributed by atoms with Crippen molar-refractivity contribution in [1.29, 1.82) is 0 Å². The molecule has 0 spiro atoms. The van der Waals surface area contributed by atoms with Crippen LogP contribution in [0.2, 0.25) is 0 Å². The number of ether oxygens (including phenoxy) is 3. The standard InChI is InChI=1S/C22H21NO7/c1-11-5-6-13-18(14(7-8-17(23)24)30-21(13)19(11)25)20(26)12-9-15(27-2)22(29-4)16(10-12)28-3/h5-10,25H,1-4H3,(H2,23,24)/b8-7+. The molecule has 0 unspecified atom stereocenters. The van der Waals surface area contributed by atoms with Crippen molar-refractivity contribution in [1.82, 2.24) is 0 Å². The number of carbonyl (C=O) groups is 2. The van der Waals surface area contributed by atoms with E-state index in [1.165, 1.54) is 39.5 Å². The summed E-state index contributed by atoms with van der Waals surface area (Å²) in [4.78, 5) is 24.7. The molecule has 8 heteroatoms. The maximum atomic E-state index is 13.5. The van der Waals surface area contributed by atoms with Crippen molar-refractivity contribution in [2.45, 2.75) is 6.92 Å². The van der Waals surface area contributed by atoms with E-state index in [-0.39, 0.29) is 28.2 Å². The Morgan fingerprint density at radius 2 is 1.70 bits per heavy atom. The summed E-state index contributed by atoms with van der Waals surface area (Å²) in [7, 11) is 4.35. The van der Waals surface area contributed by atoms with Crippen LogP contribution in [0.1, 0.15) is 27.2 Å². The average molecular weight is 411 g/mol. The number of hydrogen-bond donors (Lipinski definition) is 2. The molecule has 3 rings (SSSR count). The molecule has 0 saturated heterocycles. The van der Waals surface area contributed by atoms with Gasteiger partial charge in [0.1, 0.15) is 5.76 Å². The Labute approximate surface area is 172 Å². The molecule has 0 fully saturated rings. The Balaban J connectivity index is 2.27. The zero-order valence-electron chi connectivity index (χ0n) is 16.9. The van der Waals surface area contributed by atoms with Crippen LogP contribution >= 0.6 is 0 Å². The third kappa shape index (κ3) is 3.55. The summed E-state index contributed by atoms with van der Waals surface area (Å²) < 4.78 is 21.7. The molecule has 0 saturated carbocycles. The van der Waals surface area contributed by atoms with Gasteiger partial charge in [-0.25, -0.2) is 0 Å². The first kappa shape index (κ1) is 20.8. The largest absolute Gasteiger partial charge is 0.504 e. The number of amides is 1. The zero-order valence-corrected chi connectivity index (χ0v) is 16.9. The van der Waals surface area contributed by atoms with E-state index in [2.05, 4.69) is 0 Å². The van der Waals surface area contributed by atoms with Gasteiger partial charge in [-0.1, -0.05) is 6.07 Å². The van der Waals surface area contributed by atoms with Crippen LogP contribution in [0.25, 0.3) is 17.0 Å². The molecule has 0 atom stereocenters. The minimum absolute atomic E-state index is 0.0865. The number of benzene rings is 2. The summed E-state index contributed by atoms with van der Waals surface area (Å²) in [5, 5.41) is 10.8. The number of carbonyl (C=O) groups excluding carboxylic acids is 2. The van der Waals surface area contributed by atoms with Crippen molar-refractivity contribution in [2.75, 3.05) is 21.3 Å². The van der Waals surface area contributed by atoms with Gasteiger partial charge in [-0.2, -0.15) is 0 Å². The first-order valence-electron chi connectivity index (χ1n) is 8.89. The number of rotatable bonds is 7. The van der Waals surface area contributed by atoms with Crippen molar-refractivity contribution in [3.8, 4) is 23.0 Å². The van der Waals surface area contributed by atoms with Crippen LogP contribution in [-0.2, 0) is 4.79 Å².